The van der Waals surface area contributed by atoms with E-state index in [0.717, 1.165) is 5.57 Å². The van der Waals surface area contributed by atoms with Gasteiger partial charge in [-0.15, -0.1) is 0 Å². The summed E-state index contributed by atoms with van der Waals surface area (Å²) in [5.41, 5.74) is 1.47. The summed E-state index contributed by atoms with van der Waals surface area (Å²) in [6.45, 7) is 6.86. The number of nitrogens with one attached hydrogen (secondary N) is 2. The summed E-state index contributed by atoms with van der Waals surface area (Å²) in [6, 6.07) is 4.39. The molecule has 3 N–H and O–H groups in total. The summed E-state index contributed by atoms with van der Waals surface area (Å²) >= 11 is 11.7. The first kappa shape index (κ1) is 18.8. The Morgan fingerprint density at radius 1 is 1.32 bits per heavy atom. The minimum atomic E-state index is -0.887. The van der Waals surface area contributed by atoms with Crippen LogP contribution in [0, 0.1) is 0 Å². The fourth-order valence-electron chi connectivity index (χ4n) is 1.62. The van der Waals surface area contributed by atoms with Crippen LogP contribution in [0.3, 0.4) is 0 Å². The Morgan fingerprint density at radius 3 is 2.55 bits per heavy atom. The molecule has 0 fully saturated rings. The second-order valence-electron chi connectivity index (χ2n) is 4.87. The van der Waals surface area contributed by atoms with Gasteiger partial charge in [-0.05, 0) is 30.7 Å². The minimum absolute atomic E-state index is 0.0507. The zero-order chi connectivity index (χ0) is 16.5. The number of hydrogen-bond acceptors (Lipinski definition) is 3. The first-order chi connectivity index (χ1) is 10.4. The number of urea groups is 1. The van der Waals surface area contributed by atoms with Gasteiger partial charge in [0.15, 0.2) is 0 Å². The lowest BCUT2D eigenvalue weighted by Crippen LogP contribution is -2.39. The average Bonchev–Trinajstić information content (AvgIpc) is 2.43. The number of carbonyl (C=O) groups excluding carboxylic acids is 1. The lowest BCUT2D eigenvalue weighted by atomic mass is 10.1. The van der Waals surface area contributed by atoms with Crippen LogP contribution in [0.2, 0.25) is 10.0 Å². The molecule has 0 saturated carbocycles. The average molecular weight is 347 g/mol. The van der Waals surface area contributed by atoms with E-state index >= 15 is 0 Å². The molecule has 0 radical (unpaired) electrons. The fraction of sp³-hybridized carbons (Fsp3) is 0.400. The molecule has 7 heteroatoms. The number of hydrogen-bond donors (Lipinski definition) is 3. The van der Waals surface area contributed by atoms with E-state index in [2.05, 4.69) is 17.2 Å². The SMILES string of the molecule is C=C(C)COCCNC(=O)NCC(O)c1cc(Cl)cc(Cl)c1. The van der Waals surface area contributed by atoms with Crippen molar-refractivity contribution in [3.63, 3.8) is 0 Å². The summed E-state index contributed by atoms with van der Waals surface area (Å²) < 4.78 is 5.25. The predicted octanol–water partition coefficient (Wildman–Crippen LogP) is 2.92. The summed E-state index contributed by atoms with van der Waals surface area (Å²) in [7, 11) is 0. The van der Waals surface area contributed by atoms with Crippen molar-refractivity contribution in [1.82, 2.24) is 10.6 Å². The van der Waals surface area contributed by atoms with E-state index < -0.39 is 6.10 Å². The van der Waals surface area contributed by atoms with Crippen LogP contribution in [0.25, 0.3) is 0 Å². The van der Waals surface area contributed by atoms with Gasteiger partial charge in [0.2, 0.25) is 0 Å². The van der Waals surface area contributed by atoms with Crippen LogP contribution >= 0.6 is 23.2 Å². The van der Waals surface area contributed by atoms with Gasteiger partial charge in [-0.25, -0.2) is 4.79 Å². The molecule has 0 aliphatic heterocycles. The number of amides is 2. The molecule has 0 spiro atoms. The van der Waals surface area contributed by atoms with Gasteiger partial charge in [0.1, 0.15) is 0 Å². The molecule has 0 aromatic heterocycles. The third-order valence-electron chi connectivity index (χ3n) is 2.61. The van der Waals surface area contributed by atoms with Crippen molar-refractivity contribution in [2.75, 3.05) is 26.3 Å². The van der Waals surface area contributed by atoms with E-state index in [-0.39, 0.29) is 12.6 Å². The van der Waals surface area contributed by atoms with Crippen LogP contribution in [0.1, 0.15) is 18.6 Å². The molecule has 2 amide bonds. The number of benzene rings is 1. The number of ether oxygens (including phenoxy) is 1. The summed E-state index contributed by atoms with van der Waals surface area (Å²) in [5, 5.41) is 16.0. The molecular weight excluding hydrogens is 327 g/mol. The highest BCUT2D eigenvalue weighted by Gasteiger charge is 2.11. The van der Waals surface area contributed by atoms with E-state index in [4.69, 9.17) is 27.9 Å². The van der Waals surface area contributed by atoms with E-state index in [1.54, 1.807) is 18.2 Å². The first-order valence-corrected chi connectivity index (χ1v) is 7.52. The lowest BCUT2D eigenvalue weighted by molar-refractivity contribution is 0.155. The highest BCUT2D eigenvalue weighted by molar-refractivity contribution is 6.34. The van der Waals surface area contributed by atoms with Crippen molar-refractivity contribution in [2.45, 2.75) is 13.0 Å². The maximum Gasteiger partial charge on any atom is 0.314 e. The topological polar surface area (TPSA) is 70.6 Å². The van der Waals surface area contributed by atoms with E-state index in [1.807, 2.05) is 6.92 Å². The van der Waals surface area contributed by atoms with Crippen molar-refractivity contribution in [2.24, 2.45) is 0 Å². The summed E-state index contributed by atoms with van der Waals surface area (Å²) in [5.74, 6) is 0. The van der Waals surface area contributed by atoms with Crippen molar-refractivity contribution in [3.05, 3.63) is 46.0 Å². The molecule has 122 valence electrons. The van der Waals surface area contributed by atoms with E-state index in [1.165, 1.54) is 0 Å². The fourth-order valence-corrected chi connectivity index (χ4v) is 2.16. The largest absolute Gasteiger partial charge is 0.387 e. The van der Waals surface area contributed by atoms with E-state index in [0.29, 0.717) is 35.4 Å². The van der Waals surface area contributed by atoms with Crippen LogP contribution in [-0.4, -0.2) is 37.4 Å². The Hall–Kier alpha value is -1.27. The van der Waals surface area contributed by atoms with Crippen molar-refractivity contribution in [3.8, 4) is 0 Å². The van der Waals surface area contributed by atoms with Gasteiger partial charge < -0.3 is 20.5 Å². The number of aliphatic hydroxyl groups is 1. The second-order valence-corrected chi connectivity index (χ2v) is 5.74. The second kappa shape index (κ2) is 9.69. The Balaban J connectivity index is 2.27. The molecule has 0 aliphatic rings. The lowest BCUT2D eigenvalue weighted by Gasteiger charge is -2.13. The molecule has 1 aromatic rings. The molecule has 1 rings (SSSR count). The smallest absolute Gasteiger partial charge is 0.314 e. The standard InChI is InChI=1S/C15H20Cl2N2O3/c1-10(2)9-22-4-3-18-15(21)19-8-14(20)11-5-12(16)7-13(17)6-11/h5-7,14,20H,1,3-4,8-9H2,2H3,(H2,18,19,21). The zero-order valence-electron chi connectivity index (χ0n) is 12.4. The Labute approximate surface area is 140 Å². The molecule has 0 saturated heterocycles. The molecule has 0 bridgehead atoms. The van der Waals surface area contributed by atoms with Crippen molar-refractivity contribution in [1.29, 1.82) is 0 Å². The van der Waals surface area contributed by atoms with Gasteiger partial charge in [-0.1, -0.05) is 35.4 Å². The molecule has 22 heavy (non-hydrogen) atoms. The normalized spacial score (nSPS) is 11.8. The van der Waals surface area contributed by atoms with Crippen LogP contribution < -0.4 is 10.6 Å². The zero-order valence-corrected chi connectivity index (χ0v) is 13.9. The molecule has 0 heterocycles. The molecule has 5 nitrogen and oxygen atoms in total. The predicted molar refractivity (Wildman–Crippen MR) is 88.5 cm³/mol. The van der Waals surface area contributed by atoms with Gasteiger partial charge in [-0.2, -0.15) is 0 Å². The van der Waals surface area contributed by atoms with Gasteiger partial charge in [0, 0.05) is 23.1 Å². The Kier molecular flexibility index (Phi) is 8.27. The third-order valence-corrected chi connectivity index (χ3v) is 3.04. The molecular formula is C15H20Cl2N2O3. The highest BCUT2D eigenvalue weighted by atomic mass is 35.5. The van der Waals surface area contributed by atoms with Gasteiger partial charge in [-0.3, -0.25) is 0 Å². The van der Waals surface area contributed by atoms with Crippen LogP contribution in [-0.2, 0) is 4.74 Å². The van der Waals surface area contributed by atoms with Gasteiger partial charge in [0.25, 0.3) is 0 Å². The van der Waals surface area contributed by atoms with Crippen LogP contribution in [0.5, 0.6) is 0 Å². The van der Waals surface area contributed by atoms with Gasteiger partial charge >= 0.3 is 6.03 Å². The monoisotopic (exact) mass is 346 g/mol. The van der Waals surface area contributed by atoms with E-state index in [9.17, 15) is 9.90 Å². The molecule has 1 atom stereocenters. The molecule has 0 aliphatic carbocycles. The van der Waals surface area contributed by atoms with Crippen LogP contribution in [0.4, 0.5) is 4.79 Å². The highest BCUT2D eigenvalue weighted by Crippen LogP contribution is 2.23. The number of carbonyl (C=O) groups is 1. The minimum Gasteiger partial charge on any atom is -0.387 e. The third kappa shape index (κ3) is 7.66. The van der Waals surface area contributed by atoms with Crippen molar-refractivity contribution >= 4 is 29.2 Å². The van der Waals surface area contributed by atoms with Gasteiger partial charge in [0.05, 0.1) is 19.3 Å². The van der Waals surface area contributed by atoms with Crippen LogP contribution in [0.15, 0.2) is 30.4 Å². The summed E-state index contributed by atoms with van der Waals surface area (Å²) in [4.78, 5) is 11.6. The Morgan fingerprint density at radius 2 is 1.95 bits per heavy atom. The number of rotatable bonds is 8. The number of aliphatic hydroxyl groups excluding tert-OH is 1. The maximum atomic E-state index is 11.6. The Bertz CT molecular complexity index is 503. The maximum absolute atomic E-state index is 11.6. The number of halogens is 2. The molecule has 1 aromatic carbocycles. The quantitative estimate of drug-likeness (QED) is 0.500. The first-order valence-electron chi connectivity index (χ1n) is 6.76. The summed E-state index contributed by atoms with van der Waals surface area (Å²) in [6.07, 6.45) is -0.887. The molecule has 1 unspecified atom stereocenters. The van der Waals surface area contributed by atoms with Crippen molar-refractivity contribution < 1.29 is 14.6 Å².